The van der Waals surface area contributed by atoms with Gasteiger partial charge in [-0.15, -0.1) is 0 Å². The van der Waals surface area contributed by atoms with Crippen molar-refractivity contribution in [1.82, 2.24) is 4.90 Å². The van der Waals surface area contributed by atoms with Crippen LogP contribution in [0.25, 0.3) is 0 Å². The van der Waals surface area contributed by atoms with E-state index in [1.165, 1.54) is 0 Å². The Morgan fingerprint density at radius 3 is 2.06 bits per heavy atom. The summed E-state index contributed by atoms with van der Waals surface area (Å²) < 4.78 is 5.29. The molecule has 7 heteroatoms. The second-order valence-corrected chi connectivity index (χ2v) is 7.65. The third-order valence-electron chi connectivity index (χ3n) is 5.51. The Kier molecular flexibility index (Phi) is 6.99. The molecule has 168 valence electrons. The predicted octanol–water partition coefficient (Wildman–Crippen LogP) is 3.44. The average molecular weight is 444 g/mol. The molecule has 1 aliphatic rings. The fraction of sp³-hybridized carbons (Fsp3) is 0.192. The summed E-state index contributed by atoms with van der Waals surface area (Å²) in [5.41, 5.74) is 2.14. The van der Waals surface area contributed by atoms with Crippen molar-refractivity contribution in [2.45, 2.75) is 0 Å². The first-order chi connectivity index (χ1) is 16.1. The summed E-state index contributed by atoms with van der Waals surface area (Å²) in [6, 6.07) is 25.4. The summed E-state index contributed by atoms with van der Waals surface area (Å²) in [7, 11) is 0. The molecule has 1 heterocycles. The molecule has 3 aromatic rings. The van der Waals surface area contributed by atoms with E-state index in [9.17, 15) is 14.4 Å². The number of hydrogen-bond donors (Lipinski definition) is 1. The zero-order valence-corrected chi connectivity index (χ0v) is 18.1. The quantitative estimate of drug-likeness (QED) is 0.591. The lowest BCUT2D eigenvalue weighted by atomic mass is 10.1. The summed E-state index contributed by atoms with van der Waals surface area (Å²) in [4.78, 5) is 41.6. The van der Waals surface area contributed by atoms with Crippen LogP contribution in [0, 0.1) is 0 Å². The van der Waals surface area contributed by atoms with Crippen molar-refractivity contribution in [3.8, 4) is 0 Å². The van der Waals surface area contributed by atoms with Gasteiger partial charge in [0.05, 0.1) is 11.3 Å². The van der Waals surface area contributed by atoms with Crippen LogP contribution in [0.2, 0.25) is 0 Å². The monoisotopic (exact) mass is 443 g/mol. The average Bonchev–Trinajstić information content (AvgIpc) is 2.88. The minimum atomic E-state index is -0.657. The number of amides is 2. The molecule has 1 N–H and O–H groups in total. The summed E-state index contributed by atoms with van der Waals surface area (Å²) >= 11 is 0. The topological polar surface area (TPSA) is 78.9 Å². The van der Waals surface area contributed by atoms with Crippen molar-refractivity contribution < 1.29 is 19.1 Å². The van der Waals surface area contributed by atoms with Gasteiger partial charge in [-0.3, -0.25) is 9.59 Å². The maximum Gasteiger partial charge on any atom is 0.340 e. The highest BCUT2D eigenvalue weighted by Crippen LogP contribution is 2.18. The van der Waals surface area contributed by atoms with Gasteiger partial charge in [0.1, 0.15) is 0 Å². The maximum atomic E-state index is 12.7. The highest BCUT2D eigenvalue weighted by atomic mass is 16.5. The van der Waals surface area contributed by atoms with Crippen molar-refractivity contribution in [2.24, 2.45) is 0 Å². The van der Waals surface area contributed by atoms with E-state index in [1.54, 1.807) is 53.4 Å². The Balaban J connectivity index is 1.31. The van der Waals surface area contributed by atoms with Gasteiger partial charge >= 0.3 is 5.97 Å². The molecule has 0 atom stereocenters. The molecule has 0 unspecified atom stereocenters. The van der Waals surface area contributed by atoms with E-state index in [0.29, 0.717) is 24.3 Å². The van der Waals surface area contributed by atoms with E-state index >= 15 is 0 Å². The largest absolute Gasteiger partial charge is 0.452 e. The molecular weight excluding hydrogens is 418 g/mol. The summed E-state index contributed by atoms with van der Waals surface area (Å²) in [6.07, 6.45) is 0. The van der Waals surface area contributed by atoms with Crippen molar-refractivity contribution in [3.05, 3.63) is 96.1 Å². The second-order valence-electron chi connectivity index (χ2n) is 7.65. The van der Waals surface area contributed by atoms with E-state index in [1.807, 2.05) is 36.4 Å². The number of nitrogens with one attached hydrogen (secondary N) is 1. The standard InChI is InChI=1S/C26H25N3O4/c30-24(29-17-15-28(16-18-29)21-11-5-2-6-12-21)19-33-26(32)22-13-7-8-14-23(22)27-25(31)20-9-3-1-4-10-20/h1-14H,15-19H2,(H,27,31). The highest BCUT2D eigenvalue weighted by Gasteiger charge is 2.23. The Hall–Kier alpha value is -4.13. The van der Waals surface area contributed by atoms with E-state index in [4.69, 9.17) is 4.74 Å². The van der Waals surface area contributed by atoms with Crippen molar-refractivity contribution in [1.29, 1.82) is 0 Å². The predicted molar refractivity (Wildman–Crippen MR) is 126 cm³/mol. The van der Waals surface area contributed by atoms with Crippen LogP contribution in [0.15, 0.2) is 84.9 Å². The summed E-state index contributed by atoms with van der Waals surface area (Å²) in [5.74, 6) is -1.22. The highest BCUT2D eigenvalue weighted by molar-refractivity contribution is 6.08. The molecule has 33 heavy (non-hydrogen) atoms. The molecule has 0 saturated carbocycles. The molecule has 3 aromatic carbocycles. The van der Waals surface area contributed by atoms with Crippen LogP contribution in [0.3, 0.4) is 0 Å². The number of hydrogen-bond acceptors (Lipinski definition) is 5. The van der Waals surface area contributed by atoms with Crippen LogP contribution in [-0.2, 0) is 9.53 Å². The number of ether oxygens (including phenoxy) is 1. The second kappa shape index (κ2) is 10.5. The Morgan fingerprint density at radius 2 is 1.36 bits per heavy atom. The zero-order chi connectivity index (χ0) is 23.0. The van der Waals surface area contributed by atoms with Crippen LogP contribution in [0.5, 0.6) is 0 Å². The van der Waals surface area contributed by atoms with Crippen molar-refractivity contribution in [3.63, 3.8) is 0 Å². The number of para-hydroxylation sites is 2. The van der Waals surface area contributed by atoms with Crippen LogP contribution < -0.4 is 10.2 Å². The number of rotatable bonds is 6. The Labute approximate surface area is 192 Å². The van der Waals surface area contributed by atoms with Gasteiger partial charge in [-0.2, -0.15) is 0 Å². The molecule has 0 aliphatic carbocycles. The van der Waals surface area contributed by atoms with E-state index in [2.05, 4.69) is 10.2 Å². The number of esters is 1. The third-order valence-corrected chi connectivity index (χ3v) is 5.51. The van der Waals surface area contributed by atoms with E-state index in [0.717, 1.165) is 18.8 Å². The molecule has 1 saturated heterocycles. The lowest BCUT2D eigenvalue weighted by molar-refractivity contribution is -0.134. The normalized spacial score (nSPS) is 13.3. The molecule has 0 aromatic heterocycles. The minimum Gasteiger partial charge on any atom is -0.452 e. The molecule has 1 fully saturated rings. The van der Waals surface area contributed by atoms with Gasteiger partial charge in [-0.1, -0.05) is 48.5 Å². The number of anilines is 2. The molecular formula is C26H25N3O4. The van der Waals surface area contributed by atoms with Gasteiger partial charge in [0.25, 0.3) is 11.8 Å². The first-order valence-corrected chi connectivity index (χ1v) is 10.8. The molecule has 4 rings (SSSR count). The van der Waals surface area contributed by atoms with Crippen molar-refractivity contribution in [2.75, 3.05) is 43.0 Å². The van der Waals surface area contributed by atoms with Gasteiger partial charge in [0.15, 0.2) is 6.61 Å². The van der Waals surface area contributed by atoms with Crippen LogP contribution >= 0.6 is 0 Å². The van der Waals surface area contributed by atoms with Crippen LogP contribution in [0.4, 0.5) is 11.4 Å². The molecule has 0 radical (unpaired) electrons. The van der Waals surface area contributed by atoms with Gasteiger partial charge < -0.3 is 19.9 Å². The SMILES string of the molecule is O=C(Nc1ccccc1C(=O)OCC(=O)N1CCN(c2ccccc2)CC1)c1ccccc1. The van der Waals surface area contributed by atoms with Crippen molar-refractivity contribution >= 4 is 29.2 Å². The lowest BCUT2D eigenvalue weighted by Crippen LogP contribution is -2.49. The number of carbonyl (C=O) groups excluding carboxylic acids is 3. The van der Waals surface area contributed by atoms with Crippen LogP contribution in [0.1, 0.15) is 20.7 Å². The van der Waals surface area contributed by atoms with E-state index in [-0.39, 0.29) is 24.0 Å². The fourth-order valence-corrected chi connectivity index (χ4v) is 3.70. The summed E-state index contributed by atoms with van der Waals surface area (Å²) in [6.45, 7) is 2.23. The van der Waals surface area contributed by atoms with Gasteiger partial charge in [-0.05, 0) is 36.4 Å². The van der Waals surface area contributed by atoms with Crippen LogP contribution in [-0.4, -0.2) is 55.5 Å². The number of piperazine rings is 1. The molecule has 7 nitrogen and oxygen atoms in total. The smallest absolute Gasteiger partial charge is 0.340 e. The van der Waals surface area contributed by atoms with Gasteiger partial charge in [-0.25, -0.2) is 4.79 Å². The number of benzene rings is 3. The molecule has 2 amide bonds. The van der Waals surface area contributed by atoms with E-state index < -0.39 is 5.97 Å². The summed E-state index contributed by atoms with van der Waals surface area (Å²) in [5, 5.41) is 2.74. The minimum absolute atomic E-state index is 0.198. The maximum absolute atomic E-state index is 12.7. The first kappa shape index (κ1) is 22.1. The first-order valence-electron chi connectivity index (χ1n) is 10.8. The third kappa shape index (κ3) is 5.57. The Morgan fingerprint density at radius 1 is 0.758 bits per heavy atom. The molecule has 0 bridgehead atoms. The molecule has 0 spiro atoms. The number of carbonyl (C=O) groups is 3. The molecule has 1 aliphatic heterocycles. The van der Waals surface area contributed by atoms with Gasteiger partial charge in [0, 0.05) is 37.4 Å². The lowest BCUT2D eigenvalue weighted by Gasteiger charge is -2.36. The number of nitrogens with zero attached hydrogens (tertiary/aromatic N) is 2. The zero-order valence-electron chi connectivity index (χ0n) is 18.1. The Bertz CT molecular complexity index is 1110. The van der Waals surface area contributed by atoms with Gasteiger partial charge in [0.2, 0.25) is 0 Å². The fourth-order valence-electron chi connectivity index (χ4n) is 3.70.